The topological polar surface area (TPSA) is 113 Å². The van der Waals surface area contributed by atoms with Crippen molar-refractivity contribution in [3.8, 4) is 10.4 Å². The summed E-state index contributed by atoms with van der Waals surface area (Å²) in [5, 5.41) is 10.2. The molecule has 32 heavy (non-hydrogen) atoms. The van der Waals surface area contributed by atoms with Crippen LogP contribution >= 0.6 is 11.3 Å². The van der Waals surface area contributed by atoms with Crippen LogP contribution in [0.3, 0.4) is 0 Å². The lowest BCUT2D eigenvalue weighted by Crippen LogP contribution is -2.33. The van der Waals surface area contributed by atoms with Crippen LogP contribution in [0.5, 0.6) is 0 Å². The lowest BCUT2D eigenvalue weighted by atomic mass is 10.1. The summed E-state index contributed by atoms with van der Waals surface area (Å²) >= 11 is 1.62. The summed E-state index contributed by atoms with van der Waals surface area (Å²) in [5.74, 6) is -0.602. The summed E-state index contributed by atoms with van der Waals surface area (Å²) in [5.41, 5.74) is 9.49. The Bertz CT molecular complexity index is 1080. The fourth-order valence-electron chi connectivity index (χ4n) is 2.95. The second kappa shape index (κ2) is 11.1. The predicted octanol–water partition coefficient (Wildman–Crippen LogP) is 3.25. The second-order valence-electron chi connectivity index (χ2n) is 7.11. The van der Waals surface area contributed by atoms with Crippen LogP contribution in [0.15, 0.2) is 60.0 Å². The Balaban J connectivity index is 1.53. The van der Waals surface area contributed by atoms with Crippen molar-refractivity contribution in [3.63, 3.8) is 0 Å². The van der Waals surface area contributed by atoms with E-state index < -0.39 is 0 Å². The second-order valence-corrected chi connectivity index (χ2v) is 8.06. The fourth-order valence-corrected chi connectivity index (χ4v) is 3.68. The van der Waals surface area contributed by atoms with Gasteiger partial charge in [0, 0.05) is 30.5 Å². The van der Waals surface area contributed by atoms with Gasteiger partial charge >= 0.3 is 0 Å². The van der Waals surface area contributed by atoms with E-state index in [2.05, 4.69) is 16.0 Å². The van der Waals surface area contributed by atoms with Gasteiger partial charge in [-0.05, 0) is 53.3 Å². The van der Waals surface area contributed by atoms with Crippen LogP contribution in [-0.2, 0) is 16.0 Å². The molecular formula is C24H25N4O3S. The summed E-state index contributed by atoms with van der Waals surface area (Å²) in [6.07, 6.45) is 1.96. The Morgan fingerprint density at radius 2 is 1.75 bits per heavy atom. The molecule has 0 saturated heterocycles. The van der Waals surface area contributed by atoms with Crippen LogP contribution in [0.1, 0.15) is 22.8 Å². The molecule has 0 fully saturated rings. The minimum Gasteiger partial charge on any atom is -0.397 e. The summed E-state index contributed by atoms with van der Waals surface area (Å²) < 4.78 is 0. The molecule has 0 aliphatic carbocycles. The number of amides is 3. The summed E-state index contributed by atoms with van der Waals surface area (Å²) in [6, 6.07) is 16.6. The molecule has 3 rings (SSSR count). The molecule has 1 heterocycles. The molecule has 0 unspecified atom stereocenters. The van der Waals surface area contributed by atoms with Crippen molar-refractivity contribution in [3.05, 3.63) is 77.5 Å². The van der Waals surface area contributed by atoms with Gasteiger partial charge in [-0.25, -0.2) is 0 Å². The summed E-state index contributed by atoms with van der Waals surface area (Å²) in [7, 11) is 0. The van der Waals surface area contributed by atoms with Crippen molar-refractivity contribution in [2.45, 2.75) is 13.3 Å². The quantitative estimate of drug-likeness (QED) is 0.297. The van der Waals surface area contributed by atoms with Crippen LogP contribution in [0.4, 0.5) is 11.4 Å². The SMILES string of the molecule is CC(=O)NCCNC(=O)[CH]Cc1ccc(C(=O)Nc2cc(-c3cccs3)ccc2N)cc1. The Kier molecular flexibility index (Phi) is 7.99. The average Bonchev–Trinajstić information content (AvgIpc) is 3.32. The third-order valence-corrected chi connectivity index (χ3v) is 5.56. The van der Waals surface area contributed by atoms with Gasteiger partial charge in [-0.3, -0.25) is 14.4 Å². The summed E-state index contributed by atoms with van der Waals surface area (Å²) in [4.78, 5) is 36.4. The van der Waals surface area contributed by atoms with Crippen molar-refractivity contribution in [1.29, 1.82) is 0 Å². The predicted molar refractivity (Wildman–Crippen MR) is 128 cm³/mol. The maximum atomic E-state index is 12.7. The molecule has 7 nitrogen and oxygen atoms in total. The Labute approximate surface area is 191 Å². The van der Waals surface area contributed by atoms with Crippen LogP contribution in [0, 0.1) is 6.42 Å². The van der Waals surface area contributed by atoms with Crippen LogP contribution in [0.2, 0.25) is 0 Å². The van der Waals surface area contributed by atoms with E-state index in [0.29, 0.717) is 36.4 Å². The van der Waals surface area contributed by atoms with Gasteiger partial charge in [0.1, 0.15) is 0 Å². The summed E-state index contributed by atoms with van der Waals surface area (Å²) in [6.45, 7) is 2.18. The third kappa shape index (κ3) is 6.68. The van der Waals surface area contributed by atoms with Gasteiger partial charge in [-0.2, -0.15) is 0 Å². The van der Waals surface area contributed by atoms with E-state index in [4.69, 9.17) is 5.73 Å². The highest BCUT2D eigenvalue weighted by Gasteiger charge is 2.11. The highest BCUT2D eigenvalue weighted by Crippen LogP contribution is 2.30. The zero-order valence-electron chi connectivity index (χ0n) is 17.7. The van der Waals surface area contributed by atoms with Crippen molar-refractivity contribution in [1.82, 2.24) is 10.6 Å². The molecule has 3 amide bonds. The zero-order chi connectivity index (χ0) is 22.9. The molecule has 165 valence electrons. The van der Waals surface area contributed by atoms with Gasteiger partial charge in [0.15, 0.2) is 0 Å². The maximum absolute atomic E-state index is 12.7. The average molecular weight is 450 g/mol. The van der Waals surface area contributed by atoms with Gasteiger partial charge in [0.05, 0.1) is 17.8 Å². The molecule has 0 spiro atoms. The number of hydrogen-bond acceptors (Lipinski definition) is 5. The van der Waals surface area contributed by atoms with E-state index in [1.165, 1.54) is 13.3 Å². The number of anilines is 2. The third-order valence-electron chi connectivity index (χ3n) is 4.64. The molecule has 8 heteroatoms. The Morgan fingerprint density at radius 1 is 1.00 bits per heavy atom. The molecule has 1 radical (unpaired) electrons. The largest absolute Gasteiger partial charge is 0.397 e. The van der Waals surface area contributed by atoms with E-state index in [-0.39, 0.29) is 17.7 Å². The van der Waals surface area contributed by atoms with Gasteiger partial charge in [-0.1, -0.05) is 24.3 Å². The molecule has 0 saturated carbocycles. The maximum Gasteiger partial charge on any atom is 0.255 e. The number of nitrogens with two attached hydrogens (primary N) is 1. The number of nitrogens with one attached hydrogen (secondary N) is 3. The van der Waals surface area contributed by atoms with Crippen LogP contribution < -0.4 is 21.7 Å². The van der Waals surface area contributed by atoms with E-state index in [9.17, 15) is 14.4 Å². The monoisotopic (exact) mass is 449 g/mol. The lowest BCUT2D eigenvalue weighted by Gasteiger charge is -2.10. The highest BCUT2D eigenvalue weighted by molar-refractivity contribution is 7.13. The highest BCUT2D eigenvalue weighted by atomic mass is 32.1. The minimum atomic E-state index is -0.258. The van der Waals surface area contributed by atoms with Crippen molar-refractivity contribution in [2.24, 2.45) is 0 Å². The Morgan fingerprint density at radius 3 is 2.44 bits per heavy atom. The van der Waals surface area contributed by atoms with E-state index in [0.717, 1.165) is 16.0 Å². The van der Waals surface area contributed by atoms with E-state index in [1.807, 2.05) is 29.6 Å². The number of carbonyl (C=O) groups excluding carboxylic acids is 3. The number of benzene rings is 2. The minimum absolute atomic E-state index is 0.134. The van der Waals surface area contributed by atoms with Crippen molar-refractivity contribution >= 4 is 40.4 Å². The fraction of sp³-hybridized carbons (Fsp3) is 0.167. The molecule has 0 atom stereocenters. The molecule has 1 aromatic heterocycles. The first-order chi connectivity index (χ1) is 15.4. The first-order valence-corrected chi connectivity index (χ1v) is 11.0. The van der Waals surface area contributed by atoms with Gasteiger partial charge in [-0.15, -0.1) is 11.3 Å². The number of carbonyl (C=O) groups is 3. The van der Waals surface area contributed by atoms with Gasteiger partial charge in [0.25, 0.3) is 5.91 Å². The molecule has 0 aliphatic heterocycles. The number of nitrogen functional groups attached to an aromatic ring is 1. The van der Waals surface area contributed by atoms with Crippen LogP contribution in [0.25, 0.3) is 10.4 Å². The van der Waals surface area contributed by atoms with Gasteiger partial charge in [0.2, 0.25) is 11.8 Å². The van der Waals surface area contributed by atoms with Crippen molar-refractivity contribution < 1.29 is 14.4 Å². The smallest absolute Gasteiger partial charge is 0.255 e. The van der Waals surface area contributed by atoms with Gasteiger partial charge < -0.3 is 21.7 Å². The first kappa shape index (κ1) is 23.0. The Hall–Kier alpha value is -3.65. The molecule has 2 aromatic carbocycles. The number of thiophene rings is 1. The molecular weight excluding hydrogens is 424 g/mol. The molecule has 0 aliphatic rings. The van der Waals surface area contributed by atoms with Crippen LogP contribution in [-0.4, -0.2) is 30.8 Å². The first-order valence-electron chi connectivity index (χ1n) is 10.1. The van der Waals surface area contributed by atoms with E-state index in [1.54, 1.807) is 41.7 Å². The van der Waals surface area contributed by atoms with Crippen molar-refractivity contribution in [2.75, 3.05) is 24.1 Å². The molecule has 5 N–H and O–H groups in total. The lowest BCUT2D eigenvalue weighted by molar-refractivity contribution is -0.120. The standard InChI is InChI=1S/C24H25N4O3S/c1-16(29)26-12-13-27-23(30)11-6-17-4-7-18(8-5-17)24(31)28-21-15-19(9-10-20(21)25)22-3-2-14-32-22/h2-5,7-11,14-15H,6,12-13,25H2,1H3,(H,26,29)(H,27,30)(H,28,31). The normalized spacial score (nSPS) is 10.4. The molecule has 0 bridgehead atoms. The molecule has 3 aromatic rings. The van der Waals surface area contributed by atoms with E-state index >= 15 is 0 Å². The zero-order valence-corrected chi connectivity index (χ0v) is 18.5. The number of hydrogen-bond donors (Lipinski definition) is 4. The number of rotatable bonds is 9.